The highest BCUT2D eigenvalue weighted by Crippen LogP contribution is 2.43. The Bertz CT molecular complexity index is 1020. The fourth-order valence-electron chi connectivity index (χ4n) is 3.67. The van der Waals surface area contributed by atoms with Gasteiger partial charge in [-0.1, -0.05) is 50.7 Å². The molecule has 164 valence electrons. The molecule has 0 bridgehead atoms. The maximum absolute atomic E-state index is 4.55. The van der Waals surface area contributed by atoms with Crippen LogP contribution in [0.3, 0.4) is 0 Å². The van der Waals surface area contributed by atoms with Gasteiger partial charge in [-0.3, -0.25) is 4.99 Å². The second-order valence-electron chi connectivity index (χ2n) is 9.93. The average Bonchev–Trinajstić information content (AvgIpc) is 3.53. The molecule has 0 aromatic rings. The fraction of sp³-hybridized carbons (Fsp3) is 0.448. The van der Waals surface area contributed by atoms with Gasteiger partial charge in [-0.05, 0) is 87.0 Å². The maximum atomic E-state index is 4.55. The number of nitrogens with zero attached hydrogens (tertiary/aromatic N) is 1. The van der Waals surface area contributed by atoms with Crippen LogP contribution in [0.25, 0.3) is 0 Å². The normalized spacial score (nSPS) is 19.3. The van der Waals surface area contributed by atoms with Crippen molar-refractivity contribution >= 4 is 13.8 Å². The Morgan fingerprint density at radius 3 is 2.42 bits per heavy atom. The van der Waals surface area contributed by atoms with E-state index in [9.17, 15) is 0 Å². The molecule has 0 aromatic carbocycles. The molecular formula is C29H39NSi. The van der Waals surface area contributed by atoms with E-state index in [2.05, 4.69) is 101 Å². The molecule has 0 aromatic heterocycles. The molecule has 0 spiro atoms. The van der Waals surface area contributed by atoms with Gasteiger partial charge in [-0.15, -0.1) is 11.3 Å². The van der Waals surface area contributed by atoms with E-state index < -0.39 is 8.07 Å². The first-order valence-corrected chi connectivity index (χ1v) is 14.9. The Labute approximate surface area is 191 Å². The quantitative estimate of drug-likeness (QED) is 0.134. The van der Waals surface area contributed by atoms with Gasteiger partial charge in [0.25, 0.3) is 0 Å². The van der Waals surface area contributed by atoms with Gasteiger partial charge in [-0.2, -0.15) is 0 Å². The van der Waals surface area contributed by atoms with Crippen LogP contribution in [-0.2, 0) is 0 Å². The van der Waals surface area contributed by atoms with Crippen molar-refractivity contribution < 1.29 is 0 Å². The van der Waals surface area contributed by atoms with Crippen LogP contribution in [0.2, 0.25) is 19.6 Å². The number of hydrogen-bond donors (Lipinski definition) is 0. The molecule has 2 heteroatoms. The second kappa shape index (κ2) is 10.3. The third kappa shape index (κ3) is 7.10. The predicted molar refractivity (Wildman–Crippen MR) is 141 cm³/mol. The molecule has 0 aliphatic heterocycles. The van der Waals surface area contributed by atoms with Crippen molar-refractivity contribution in [3.05, 3.63) is 75.6 Å². The van der Waals surface area contributed by atoms with Crippen molar-refractivity contribution in [3.63, 3.8) is 0 Å². The minimum atomic E-state index is -1.42. The molecule has 1 atom stereocenters. The Morgan fingerprint density at radius 1 is 1.26 bits per heavy atom. The molecule has 1 fully saturated rings. The first-order valence-electron chi connectivity index (χ1n) is 11.4. The molecule has 1 unspecified atom stereocenters. The van der Waals surface area contributed by atoms with Crippen molar-refractivity contribution in [2.24, 2.45) is 16.8 Å². The molecule has 1 saturated carbocycles. The van der Waals surface area contributed by atoms with E-state index in [1.54, 1.807) is 0 Å². The van der Waals surface area contributed by atoms with Crippen LogP contribution in [0.15, 0.2) is 80.6 Å². The van der Waals surface area contributed by atoms with Gasteiger partial charge in [0.15, 0.2) is 0 Å². The molecule has 31 heavy (non-hydrogen) atoms. The zero-order valence-corrected chi connectivity index (χ0v) is 22.0. The average molecular weight is 430 g/mol. The molecule has 2 aliphatic carbocycles. The lowest BCUT2D eigenvalue weighted by Crippen LogP contribution is -2.16. The van der Waals surface area contributed by atoms with Gasteiger partial charge in [0.2, 0.25) is 0 Å². The minimum Gasteiger partial charge on any atom is -0.293 e. The van der Waals surface area contributed by atoms with Crippen LogP contribution in [0.5, 0.6) is 0 Å². The van der Waals surface area contributed by atoms with E-state index in [0.717, 1.165) is 16.9 Å². The van der Waals surface area contributed by atoms with Crippen LogP contribution in [0, 0.1) is 23.3 Å². The standard InChI is InChI=1S/C29H39NSi/c1-20(2)23(5)29(24(6)30-7)28(26-14-15-26)18-22(4)27-19-25(13-11-12-21(27)3)16-17-31(8,9)10/h11,13,18-19,22,26H,1,14-15H2,2-10H3/b28-18-,29-23+,30-24-. The molecule has 0 radical (unpaired) electrons. The molecule has 0 amide bonds. The zero-order valence-electron chi connectivity index (χ0n) is 21.0. The fourth-order valence-corrected chi connectivity index (χ4v) is 4.19. The van der Waals surface area contributed by atoms with E-state index in [0.29, 0.717) is 5.92 Å². The summed E-state index contributed by atoms with van der Waals surface area (Å²) >= 11 is 0. The predicted octanol–water partition coefficient (Wildman–Crippen LogP) is 7.79. The molecule has 0 saturated heterocycles. The van der Waals surface area contributed by atoms with E-state index in [1.165, 1.54) is 40.7 Å². The summed E-state index contributed by atoms with van der Waals surface area (Å²) in [5.41, 5.74) is 16.7. The summed E-state index contributed by atoms with van der Waals surface area (Å²) in [6, 6.07) is 0. The summed E-state index contributed by atoms with van der Waals surface area (Å²) in [5.74, 6) is 4.32. The third-order valence-electron chi connectivity index (χ3n) is 5.83. The van der Waals surface area contributed by atoms with E-state index in [4.69, 9.17) is 0 Å². The smallest absolute Gasteiger partial charge is 0.129 e. The minimum absolute atomic E-state index is 0.268. The Balaban J connectivity index is 2.56. The topological polar surface area (TPSA) is 12.4 Å². The molecule has 2 aliphatic rings. The maximum Gasteiger partial charge on any atom is 0.129 e. The third-order valence-corrected chi connectivity index (χ3v) is 6.70. The first kappa shape index (κ1) is 24.9. The number of allylic oxidation sites excluding steroid dienone is 10. The molecule has 0 N–H and O–H groups in total. The van der Waals surface area contributed by atoms with Gasteiger partial charge in [0, 0.05) is 29.8 Å². The van der Waals surface area contributed by atoms with Gasteiger partial charge in [0.1, 0.15) is 8.07 Å². The second-order valence-corrected chi connectivity index (χ2v) is 14.7. The molecule has 1 nitrogen and oxygen atoms in total. The Kier molecular flexibility index (Phi) is 8.30. The lowest BCUT2D eigenvalue weighted by atomic mass is 9.85. The van der Waals surface area contributed by atoms with Gasteiger partial charge in [-0.25, -0.2) is 0 Å². The van der Waals surface area contributed by atoms with E-state index in [1.807, 2.05) is 13.1 Å². The number of aliphatic imine (C=N–C) groups is 1. The SMILES string of the molecule is C=C(C)/C(C)=C(C(=C\C(C)C1=CC(C#C[Si](C)(C)C)=CC=C=C1C)/C1CC1)\C(C)=N/C. The summed E-state index contributed by atoms with van der Waals surface area (Å²) in [5, 5.41) is 0. The van der Waals surface area contributed by atoms with Crippen molar-refractivity contribution in [1.82, 2.24) is 0 Å². The van der Waals surface area contributed by atoms with Gasteiger partial charge in [0.05, 0.1) is 0 Å². The lowest BCUT2D eigenvalue weighted by molar-refractivity contribution is 0.845. The van der Waals surface area contributed by atoms with Crippen molar-refractivity contribution in [2.45, 2.75) is 67.1 Å². The summed E-state index contributed by atoms with van der Waals surface area (Å²) in [4.78, 5) is 4.55. The highest BCUT2D eigenvalue weighted by Gasteiger charge is 2.30. The van der Waals surface area contributed by atoms with Crippen molar-refractivity contribution in [2.75, 3.05) is 7.05 Å². The van der Waals surface area contributed by atoms with E-state index in [-0.39, 0.29) is 5.92 Å². The Morgan fingerprint density at radius 2 is 1.90 bits per heavy atom. The summed E-state index contributed by atoms with van der Waals surface area (Å²) in [6.45, 7) is 21.9. The van der Waals surface area contributed by atoms with E-state index >= 15 is 0 Å². The Hall–Kier alpha value is -2.33. The number of hydrogen-bond acceptors (Lipinski definition) is 1. The van der Waals surface area contributed by atoms with Crippen LogP contribution in [-0.4, -0.2) is 20.8 Å². The monoisotopic (exact) mass is 429 g/mol. The van der Waals surface area contributed by atoms with Crippen LogP contribution >= 0.6 is 0 Å². The highest BCUT2D eigenvalue weighted by atomic mass is 28.3. The lowest BCUT2D eigenvalue weighted by Gasteiger charge is -2.20. The molecular weight excluding hydrogens is 390 g/mol. The largest absolute Gasteiger partial charge is 0.293 e. The molecule has 2 rings (SSSR count). The summed E-state index contributed by atoms with van der Waals surface area (Å²) in [6.07, 6.45) is 11.3. The van der Waals surface area contributed by atoms with Gasteiger partial charge >= 0.3 is 0 Å². The highest BCUT2D eigenvalue weighted by molar-refractivity contribution is 6.83. The summed E-state index contributed by atoms with van der Waals surface area (Å²) < 4.78 is 0. The summed E-state index contributed by atoms with van der Waals surface area (Å²) in [7, 11) is 0.460. The van der Waals surface area contributed by atoms with Crippen molar-refractivity contribution in [3.8, 4) is 11.5 Å². The van der Waals surface area contributed by atoms with Crippen molar-refractivity contribution in [1.29, 1.82) is 0 Å². The first-order chi connectivity index (χ1) is 14.4. The molecule has 0 heterocycles. The van der Waals surface area contributed by atoms with Crippen LogP contribution in [0.1, 0.15) is 47.5 Å². The zero-order chi connectivity index (χ0) is 23.3. The van der Waals surface area contributed by atoms with Crippen LogP contribution in [0.4, 0.5) is 0 Å². The number of rotatable bonds is 6. The van der Waals surface area contributed by atoms with Crippen LogP contribution < -0.4 is 0 Å². The van der Waals surface area contributed by atoms with Gasteiger partial charge < -0.3 is 0 Å².